The summed E-state index contributed by atoms with van der Waals surface area (Å²) >= 11 is 0. The minimum absolute atomic E-state index is 0.00857. The molecule has 0 radical (unpaired) electrons. The minimum Gasteiger partial charge on any atom is -0.491 e. The summed E-state index contributed by atoms with van der Waals surface area (Å²) in [7, 11) is 3.53. The van der Waals surface area contributed by atoms with Crippen LogP contribution in [0, 0.1) is 17.8 Å². The van der Waals surface area contributed by atoms with Gasteiger partial charge in [-0.25, -0.2) is 0 Å². The van der Waals surface area contributed by atoms with Crippen molar-refractivity contribution in [2.24, 2.45) is 17.8 Å². The van der Waals surface area contributed by atoms with Gasteiger partial charge in [-0.15, -0.1) is 0 Å². The number of fused-ring (bicyclic) bond motifs is 1. The Balaban J connectivity index is 1.57. The molecule has 35 heavy (non-hydrogen) atoms. The molecule has 1 saturated heterocycles. The molecule has 2 fully saturated rings. The first-order chi connectivity index (χ1) is 16.9. The molecule has 0 bridgehead atoms. The Kier molecular flexibility index (Phi) is 8.68. The Hall–Kier alpha value is -2.16. The molecule has 0 spiro atoms. The number of nitrogens with one attached hydrogen (secondary N) is 1. The predicted octanol–water partition coefficient (Wildman–Crippen LogP) is 3.27. The fourth-order valence-electron chi connectivity index (χ4n) is 5.02. The fraction of sp³-hybridized carbons (Fsp3) is 0.704. The Morgan fingerprint density at radius 3 is 2.57 bits per heavy atom. The van der Waals surface area contributed by atoms with Gasteiger partial charge in [-0.3, -0.25) is 14.5 Å². The SMILES string of the molecule is CO[C@@H]1CN(C)C(=O)c2ccc(NC(=O)C3CCOCC3)cc2OC[C@H](C)N(CC2CC2)C[C@H]1C. The molecule has 194 valence electrons. The maximum Gasteiger partial charge on any atom is 0.257 e. The van der Waals surface area contributed by atoms with Crippen molar-refractivity contribution < 1.29 is 23.8 Å². The number of carbonyl (C=O) groups is 2. The topological polar surface area (TPSA) is 80.3 Å². The van der Waals surface area contributed by atoms with Crippen molar-refractivity contribution in [1.29, 1.82) is 0 Å². The Morgan fingerprint density at radius 1 is 1.14 bits per heavy atom. The molecule has 8 nitrogen and oxygen atoms in total. The molecule has 2 aliphatic heterocycles. The van der Waals surface area contributed by atoms with Crippen LogP contribution >= 0.6 is 0 Å². The Morgan fingerprint density at radius 2 is 1.89 bits per heavy atom. The third kappa shape index (κ3) is 6.74. The van der Waals surface area contributed by atoms with Gasteiger partial charge >= 0.3 is 0 Å². The van der Waals surface area contributed by atoms with E-state index in [9.17, 15) is 9.59 Å². The van der Waals surface area contributed by atoms with E-state index < -0.39 is 0 Å². The maximum absolute atomic E-state index is 13.4. The zero-order chi connectivity index (χ0) is 24.9. The molecule has 0 aromatic heterocycles. The third-order valence-electron chi connectivity index (χ3n) is 7.63. The largest absolute Gasteiger partial charge is 0.491 e. The molecule has 1 aromatic rings. The van der Waals surface area contributed by atoms with Gasteiger partial charge in [-0.05, 0) is 56.6 Å². The fourth-order valence-corrected chi connectivity index (χ4v) is 5.02. The van der Waals surface area contributed by atoms with Crippen molar-refractivity contribution in [1.82, 2.24) is 9.80 Å². The summed E-state index contributed by atoms with van der Waals surface area (Å²) < 4.78 is 17.5. The second-order valence-electron chi connectivity index (χ2n) is 10.6. The van der Waals surface area contributed by atoms with Crippen LogP contribution in [0.2, 0.25) is 0 Å². The lowest BCUT2D eigenvalue weighted by molar-refractivity contribution is -0.122. The average Bonchev–Trinajstić information content (AvgIpc) is 3.69. The summed E-state index contributed by atoms with van der Waals surface area (Å²) in [6.07, 6.45) is 3.98. The van der Waals surface area contributed by atoms with Crippen molar-refractivity contribution in [3.05, 3.63) is 23.8 Å². The average molecular weight is 488 g/mol. The molecule has 1 saturated carbocycles. The van der Waals surface area contributed by atoms with Crippen LogP contribution in [0.1, 0.15) is 49.9 Å². The minimum atomic E-state index is -0.111. The van der Waals surface area contributed by atoms with Gasteiger partial charge in [-0.2, -0.15) is 0 Å². The van der Waals surface area contributed by atoms with E-state index in [0.29, 0.717) is 43.4 Å². The van der Waals surface area contributed by atoms with Gasteiger partial charge in [-0.1, -0.05) is 6.92 Å². The third-order valence-corrected chi connectivity index (χ3v) is 7.63. The zero-order valence-corrected chi connectivity index (χ0v) is 21.6. The molecule has 3 atom stereocenters. The second kappa shape index (κ2) is 11.7. The van der Waals surface area contributed by atoms with E-state index in [0.717, 1.165) is 31.8 Å². The van der Waals surface area contributed by atoms with E-state index in [4.69, 9.17) is 14.2 Å². The number of nitrogens with zero attached hydrogens (tertiary/aromatic N) is 2. The molecule has 3 aliphatic rings. The smallest absolute Gasteiger partial charge is 0.257 e. The van der Waals surface area contributed by atoms with Crippen LogP contribution in [-0.2, 0) is 14.3 Å². The molecule has 1 aromatic carbocycles. The Labute approximate surface area is 209 Å². The van der Waals surface area contributed by atoms with Gasteiger partial charge in [0, 0.05) is 70.7 Å². The van der Waals surface area contributed by atoms with Crippen LogP contribution in [0.4, 0.5) is 5.69 Å². The normalized spacial score (nSPS) is 27.4. The highest BCUT2D eigenvalue weighted by Crippen LogP contribution is 2.32. The first-order valence-corrected chi connectivity index (χ1v) is 13.0. The Bertz CT molecular complexity index is 884. The molecule has 2 amide bonds. The highest BCUT2D eigenvalue weighted by Gasteiger charge is 2.32. The molecular formula is C27H41N3O5. The lowest BCUT2D eigenvalue weighted by Gasteiger charge is -2.36. The summed E-state index contributed by atoms with van der Waals surface area (Å²) in [6, 6.07) is 5.53. The molecule has 0 unspecified atom stereocenters. The second-order valence-corrected chi connectivity index (χ2v) is 10.6. The van der Waals surface area contributed by atoms with Crippen molar-refractivity contribution in [3.8, 4) is 5.75 Å². The van der Waals surface area contributed by atoms with Crippen LogP contribution in [-0.4, -0.2) is 87.4 Å². The molecule has 2 heterocycles. The van der Waals surface area contributed by atoms with E-state index in [1.165, 1.54) is 12.8 Å². The van der Waals surface area contributed by atoms with Crippen LogP contribution < -0.4 is 10.1 Å². The number of methoxy groups -OCH3 is 1. The summed E-state index contributed by atoms with van der Waals surface area (Å²) in [6.45, 7) is 8.55. The van der Waals surface area contributed by atoms with Crippen molar-refractivity contribution in [2.45, 2.75) is 51.7 Å². The van der Waals surface area contributed by atoms with Crippen LogP contribution in [0.25, 0.3) is 0 Å². The lowest BCUT2D eigenvalue weighted by Crippen LogP contribution is -2.47. The number of carbonyl (C=O) groups excluding carboxylic acids is 2. The molecular weight excluding hydrogens is 446 g/mol. The van der Waals surface area contributed by atoms with Gasteiger partial charge in [0.25, 0.3) is 5.91 Å². The molecule has 8 heteroatoms. The van der Waals surface area contributed by atoms with Gasteiger partial charge < -0.3 is 24.4 Å². The highest BCUT2D eigenvalue weighted by molar-refractivity contribution is 5.98. The number of hydrogen-bond donors (Lipinski definition) is 1. The predicted molar refractivity (Wildman–Crippen MR) is 135 cm³/mol. The zero-order valence-electron chi connectivity index (χ0n) is 21.6. The number of rotatable bonds is 5. The highest BCUT2D eigenvalue weighted by atomic mass is 16.5. The van der Waals surface area contributed by atoms with Gasteiger partial charge in [0.05, 0.1) is 11.7 Å². The molecule has 1 aliphatic carbocycles. The summed E-state index contributed by atoms with van der Waals surface area (Å²) in [5.41, 5.74) is 1.15. The summed E-state index contributed by atoms with van der Waals surface area (Å²) in [4.78, 5) is 30.4. The molecule has 1 N–H and O–H groups in total. The lowest BCUT2D eigenvalue weighted by atomic mass is 9.99. The van der Waals surface area contributed by atoms with Gasteiger partial charge in [0.15, 0.2) is 0 Å². The van der Waals surface area contributed by atoms with E-state index in [-0.39, 0.29) is 35.8 Å². The van der Waals surface area contributed by atoms with E-state index in [1.54, 1.807) is 30.2 Å². The quantitative estimate of drug-likeness (QED) is 0.687. The first kappa shape index (κ1) is 25.9. The molecule has 4 rings (SSSR count). The standard InChI is InChI=1S/C27H41N3O5/c1-18-14-30(15-20-5-6-20)19(2)17-35-24-13-22(28-26(31)21-9-11-34-12-10-21)7-8-23(24)27(32)29(3)16-25(18)33-4/h7-8,13,18-21,25H,5-6,9-12,14-17H2,1-4H3,(H,28,31)/t18-,19+,25-/m1/s1. The number of likely N-dealkylation sites (N-methyl/N-ethyl adjacent to an activating group) is 1. The van der Waals surface area contributed by atoms with E-state index in [2.05, 4.69) is 24.1 Å². The number of amides is 2. The van der Waals surface area contributed by atoms with Crippen LogP contribution in [0.5, 0.6) is 5.75 Å². The van der Waals surface area contributed by atoms with Crippen molar-refractivity contribution in [2.75, 3.05) is 58.9 Å². The monoisotopic (exact) mass is 487 g/mol. The first-order valence-electron chi connectivity index (χ1n) is 13.0. The number of anilines is 1. The summed E-state index contributed by atoms with van der Waals surface area (Å²) in [5, 5.41) is 3.02. The number of hydrogen-bond acceptors (Lipinski definition) is 6. The number of benzene rings is 1. The van der Waals surface area contributed by atoms with Gasteiger partial charge in [0.1, 0.15) is 12.4 Å². The van der Waals surface area contributed by atoms with Crippen LogP contribution in [0.3, 0.4) is 0 Å². The summed E-state index contributed by atoms with van der Waals surface area (Å²) in [5.74, 6) is 1.38. The van der Waals surface area contributed by atoms with E-state index in [1.807, 2.05) is 7.05 Å². The van der Waals surface area contributed by atoms with E-state index >= 15 is 0 Å². The van der Waals surface area contributed by atoms with Gasteiger partial charge in [0.2, 0.25) is 5.91 Å². The van der Waals surface area contributed by atoms with Crippen LogP contribution in [0.15, 0.2) is 18.2 Å². The van der Waals surface area contributed by atoms with Crippen molar-refractivity contribution >= 4 is 17.5 Å². The number of ether oxygens (including phenoxy) is 3. The maximum atomic E-state index is 13.4. The van der Waals surface area contributed by atoms with Crippen molar-refractivity contribution in [3.63, 3.8) is 0 Å².